The van der Waals surface area contributed by atoms with Crippen LogP contribution < -0.4 is 4.74 Å². The van der Waals surface area contributed by atoms with Crippen molar-refractivity contribution in [2.24, 2.45) is 5.41 Å². The molecule has 0 aliphatic carbocycles. The Morgan fingerprint density at radius 3 is 2.61 bits per heavy atom. The third-order valence-electron chi connectivity index (χ3n) is 2.92. The van der Waals surface area contributed by atoms with Gasteiger partial charge >= 0.3 is 0 Å². The maximum absolute atomic E-state index is 12.3. The molecule has 4 heteroatoms. The van der Waals surface area contributed by atoms with Gasteiger partial charge in [0.05, 0.1) is 11.6 Å². The monoisotopic (exact) mass is 311 g/mol. The van der Waals surface area contributed by atoms with Crippen LogP contribution in [0.1, 0.15) is 36.7 Å². The van der Waals surface area contributed by atoms with Crippen molar-refractivity contribution in [2.45, 2.75) is 27.3 Å². The Bertz CT molecular complexity index is 491. The fourth-order valence-corrected chi connectivity index (χ4v) is 2.78. The molecule has 3 nitrogen and oxygen atoms in total. The smallest absolute Gasteiger partial charge is 0.254 e. The van der Waals surface area contributed by atoms with Gasteiger partial charge in [0.1, 0.15) is 5.75 Å². The molecule has 0 saturated heterocycles. The molecule has 0 aromatic heterocycles. The number of nitrogens with zero attached hydrogens (tertiary/aromatic N) is 1. The lowest BCUT2D eigenvalue weighted by Crippen LogP contribution is -2.32. The van der Waals surface area contributed by atoms with Crippen LogP contribution in [0.25, 0.3) is 0 Å². The van der Waals surface area contributed by atoms with Gasteiger partial charge in [-0.25, -0.2) is 0 Å². The number of halogens is 1. The molecule has 0 fully saturated rings. The van der Waals surface area contributed by atoms with Crippen LogP contribution in [0.5, 0.6) is 5.75 Å². The van der Waals surface area contributed by atoms with Crippen molar-refractivity contribution in [3.63, 3.8) is 0 Å². The van der Waals surface area contributed by atoms with E-state index >= 15 is 0 Å². The molecule has 0 N–H and O–H groups in total. The molecule has 1 heterocycles. The molecule has 0 unspecified atom stereocenters. The van der Waals surface area contributed by atoms with Crippen LogP contribution in [-0.4, -0.2) is 24.5 Å². The van der Waals surface area contributed by atoms with E-state index in [1.54, 1.807) is 7.11 Å². The minimum atomic E-state index is 0.103. The van der Waals surface area contributed by atoms with Crippen LogP contribution in [0, 0.1) is 5.41 Å². The van der Waals surface area contributed by atoms with E-state index in [0.717, 1.165) is 22.1 Å². The molecule has 98 valence electrons. The number of carbonyl (C=O) groups is 1. The zero-order valence-corrected chi connectivity index (χ0v) is 12.8. The summed E-state index contributed by atoms with van der Waals surface area (Å²) in [6, 6.07) is 3.80. The zero-order chi connectivity index (χ0) is 13.5. The fraction of sp³-hybridized carbons (Fsp3) is 0.500. The largest absolute Gasteiger partial charge is 0.496 e. The summed E-state index contributed by atoms with van der Waals surface area (Å²) in [5, 5.41) is 0. The fourth-order valence-electron chi connectivity index (χ4n) is 2.23. The van der Waals surface area contributed by atoms with Crippen molar-refractivity contribution in [2.75, 3.05) is 13.7 Å². The number of rotatable bonds is 2. The maximum Gasteiger partial charge on any atom is 0.254 e. The molecule has 1 aliphatic rings. The van der Waals surface area contributed by atoms with Crippen LogP contribution in [0.3, 0.4) is 0 Å². The highest BCUT2D eigenvalue weighted by atomic mass is 79.9. The second kappa shape index (κ2) is 4.57. The number of carbonyl (C=O) groups excluding carboxylic acids is 1. The summed E-state index contributed by atoms with van der Waals surface area (Å²) < 4.78 is 6.13. The van der Waals surface area contributed by atoms with Crippen molar-refractivity contribution in [1.29, 1.82) is 0 Å². The van der Waals surface area contributed by atoms with Crippen LogP contribution >= 0.6 is 15.9 Å². The first-order valence-corrected chi connectivity index (χ1v) is 6.77. The lowest BCUT2D eigenvalue weighted by Gasteiger charge is -2.26. The molecule has 1 aromatic carbocycles. The van der Waals surface area contributed by atoms with E-state index in [0.29, 0.717) is 12.3 Å². The van der Waals surface area contributed by atoms with Crippen molar-refractivity contribution >= 4 is 21.8 Å². The van der Waals surface area contributed by atoms with Gasteiger partial charge in [0.15, 0.2) is 0 Å². The number of methoxy groups -OCH3 is 1. The summed E-state index contributed by atoms with van der Waals surface area (Å²) in [6.45, 7) is 7.87. The Labute approximate surface area is 116 Å². The van der Waals surface area contributed by atoms with E-state index in [9.17, 15) is 4.79 Å². The number of benzene rings is 1. The van der Waals surface area contributed by atoms with Crippen LogP contribution in [0.2, 0.25) is 0 Å². The number of ether oxygens (including phenoxy) is 1. The molecular weight excluding hydrogens is 294 g/mol. The van der Waals surface area contributed by atoms with Gasteiger partial charge in [0.25, 0.3) is 5.91 Å². The Kier molecular flexibility index (Phi) is 3.41. The van der Waals surface area contributed by atoms with Gasteiger partial charge in [-0.05, 0) is 39.0 Å². The molecule has 1 aromatic rings. The third-order valence-corrected chi connectivity index (χ3v) is 3.54. The van der Waals surface area contributed by atoms with Gasteiger partial charge < -0.3 is 9.64 Å². The summed E-state index contributed by atoms with van der Waals surface area (Å²) in [5.41, 5.74) is 1.94. The molecule has 0 saturated carbocycles. The number of hydrogen-bond donors (Lipinski definition) is 0. The van der Waals surface area contributed by atoms with Crippen molar-refractivity contribution in [3.8, 4) is 5.75 Å². The molecule has 0 spiro atoms. The van der Waals surface area contributed by atoms with Gasteiger partial charge in [-0.3, -0.25) is 4.79 Å². The molecule has 1 aliphatic heterocycles. The van der Waals surface area contributed by atoms with Gasteiger partial charge in [-0.15, -0.1) is 0 Å². The van der Waals surface area contributed by atoms with Crippen molar-refractivity contribution < 1.29 is 9.53 Å². The topological polar surface area (TPSA) is 29.5 Å². The van der Waals surface area contributed by atoms with Gasteiger partial charge in [-0.2, -0.15) is 0 Å². The van der Waals surface area contributed by atoms with Gasteiger partial charge in [-0.1, -0.05) is 20.8 Å². The molecule has 0 atom stereocenters. The molecular formula is C14H18BrNO2. The predicted octanol–water partition coefficient (Wildman–Crippen LogP) is 3.46. The first kappa shape index (κ1) is 13.4. The highest BCUT2D eigenvalue weighted by molar-refractivity contribution is 9.10. The first-order valence-electron chi connectivity index (χ1n) is 5.97. The van der Waals surface area contributed by atoms with Crippen LogP contribution in [-0.2, 0) is 6.54 Å². The predicted molar refractivity (Wildman–Crippen MR) is 74.9 cm³/mol. The van der Waals surface area contributed by atoms with E-state index in [1.807, 2.05) is 17.0 Å². The number of amides is 1. The highest BCUT2D eigenvalue weighted by Gasteiger charge is 2.31. The summed E-state index contributed by atoms with van der Waals surface area (Å²) >= 11 is 3.46. The van der Waals surface area contributed by atoms with E-state index in [2.05, 4.69) is 36.7 Å². The average molecular weight is 312 g/mol. The minimum Gasteiger partial charge on any atom is -0.496 e. The zero-order valence-electron chi connectivity index (χ0n) is 11.2. The SMILES string of the molecule is COc1cc2c(cc1Br)CN(CC(C)(C)C)C2=O. The summed E-state index contributed by atoms with van der Waals surface area (Å²) in [4.78, 5) is 14.2. The standard InChI is InChI=1S/C14H18BrNO2/c1-14(2,3)8-16-7-9-5-11(15)12(18-4)6-10(9)13(16)17/h5-6H,7-8H2,1-4H3. The van der Waals surface area contributed by atoms with E-state index in [-0.39, 0.29) is 11.3 Å². The summed E-state index contributed by atoms with van der Waals surface area (Å²) in [7, 11) is 1.61. The van der Waals surface area contributed by atoms with E-state index < -0.39 is 0 Å². The molecule has 2 rings (SSSR count). The molecule has 0 bridgehead atoms. The molecule has 1 amide bonds. The Morgan fingerprint density at radius 1 is 1.39 bits per heavy atom. The van der Waals surface area contributed by atoms with Gasteiger partial charge in [0.2, 0.25) is 0 Å². The third kappa shape index (κ3) is 2.53. The molecule has 0 radical (unpaired) electrons. The summed E-state index contributed by atoms with van der Waals surface area (Å²) in [6.07, 6.45) is 0. The molecule has 18 heavy (non-hydrogen) atoms. The average Bonchev–Trinajstić information content (AvgIpc) is 2.52. The van der Waals surface area contributed by atoms with Crippen LogP contribution in [0.4, 0.5) is 0 Å². The van der Waals surface area contributed by atoms with Crippen LogP contribution in [0.15, 0.2) is 16.6 Å². The Morgan fingerprint density at radius 2 is 2.06 bits per heavy atom. The van der Waals surface area contributed by atoms with E-state index in [1.165, 1.54) is 0 Å². The number of hydrogen-bond acceptors (Lipinski definition) is 2. The second-order valence-corrected chi connectivity index (χ2v) is 6.72. The lowest BCUT2D eigenvalue weighted by atomic mass is 9.96. The Balaban J connectivity index is 2.31. The first-order chi connectivity index (χ1) is 8.31. The summed E-state index contributed by atoms with van der Waals surface area (Å²) in [5.74, 6) is 0.811. The lowest BCUT2D eigenvalue weighted by molar-refractivity contribution is 0.0720. The van der Waals surface area contributed by atoms with Gasteiger partial charge in [0, 0.05) is 18.7 Å². The van der Waals surface area contributed by atoms with Crippen molar-refractivity contribution in [1.82, 2.24) is 4.90 Å². The van der Waals surface area contributed by atoms with E-state index in [4.69, 9.17) is 4.74 Å². The van der Waals surface area contributed by atoms with Crippen molar-refractivity contribution in [3.05, 3.63) is 27.7 Å². The maximum atomic E-state index is 12.3. The Hall–Kier alpha value is -1.03. The quantitative estimate of drug-likeness (QED) is 0.837. The minimum absolute atomic E-state index is 0.103. The number of fused-ring (bicyclic) bond motifs is 1. The second-order valence-electron chi connectivity index (χ2n) is 5.87. The normalized spacial score (nSPS) is 14.9. The highest BCUT2D eigenvalue weighted by Crippen LogP contribution is 2.34.